The normalized spacial score (nSPS) is 25.4. The zero-order valence-electron chi connectivity index (χ0n) is 20.9. The number of carboxylic acids is 1. The summed E-state index contributed by atoms with van der Waals surface area (Å²) in [5.74, 6) is -0.813. The minimum atomic E-state index is -4.13. The third kappa shape index (κ3) is 5.19. The minimum Gasteiger partial charge on any atom is -0.481 e. The number of hydrogen-bond acceptors (Lipinski definition) is 4. The van der Waals surface area contributed by atoms with Gasteiger partial charge in [-0.3, -0.25) is 8.98 Å². The largest absolute Gasteiger partial charge is 0.481 e. The monoisotopic (exact) mass is 509 g/mol. The van der Waals surface area contributed by atoms with Gasteiger partial charge in [-0.15, -0.1) is 0 Å². The van der Waals surface area contributed by atoms with Gasteiger partial charge in [-0.2, -0.15) is 8.42 Å². The van der Waals surface area contributed by atoms with Crippen molar-refractivity contribution in [3.63, 3.8) is 0 Å². The summed E-state index contributed by atoms with van der Waals surface area (Å²) in [6.07, 6.45) is 2.18. The van der Waals surface area contributed by atoms with E-state index in [0.717, 1.165) is 23.1 Å². The fourth-order valence-electron chi connectivity index (χ4n) is 6.40. The van der Waals surface area contributed by atoms with Crippen LogP contribution in [0.25, 0.3) is 11.1 Å². The van der Waals surface area contributed by atoms with Gasteiger partial charge in [-0.25, -0.2) is 5.14 Å². The molecule has 0 aliphatic heterocycles. The van der Waals surface area contributed by atoms with Crippen LogP contribution in [0, 0.1) is 23.2 Å². The van der Waals surface area contributed by atoms with E-state index in [1.165, 1.54) is 11.1 Å². The summed E-state index contributed by atoms with van der Waals surface area (Å²) in [7, 11) is -4.13. The first-order chi connectivity index (χ1) is 17.0. The van der Waals surface area contributed by atoms with Crippen LogP contribution in [-0.2, 0) is 19.3 Å². The molecule has 36 heavy (non-hydrogen) atoms. The Kier molecular flexibility index (Phi) is 7.55. The Labute approximate surface area is 214 Å². The summed E-state index contributed by atoms with van der Waals surface area (Å²) in [5, 5.41) is 14.7. The molecule has 0 heterocycles. The molecule has 1 fully saturated rings. The Bertz CT molecular complexity index is 1260. The lowest BCUT2D eigenvalue weighted by molar-refractivity contribution is -0.138. The zero-order chi connectivity index (χ0) is 26.1. The lowest BCUT2D eigenvalue weighted by Crippen LogP contribution is -2.33. The van der Waals surface area contributed by atoms with E-state index in [1.807, 2.05) is 55.5 Å². The van der Waals surface area contributed by atoms with Crippen molar-refractivity contribution < 1.29 is 22.5 Å². The standard InChI is InChI=1S/C29H35NO5S/c1-19(20(2)17-27(31)32)16-24-18-25-26(35-36(30,33)34)14-15-29(25,21(3)22-10-6-4-7-11-22)28(24)23-12-8-5-9-13-23/h4-13,19-20,25-26H,3,14-18H2,1-2H3,(H,31,32)(H2,30,33,34)/t19?,20?,25?,26-,29-/m0/s1. The van der Waals surface area contributed by atoms with E-state index in [4.69, 9.17) is 9.32 Å². The molecule has 5 atom stereocenters. The number of carbonyl (C=O) groups is 1. The van der Waals surface area contributed by atoms with Crippen LogP contribution in [0.3, 0.4) is 0 Å². The third-order valence-electron chi connectivity index (χ3n) is 8.19. The SMILES string of the molecule is C=C(c1ccccc1)[C@@]12CC[C@H](OS(N)(=O)=O)C1CC(CC(C)C(C)CC(=O)O)=C2c1ccccc1. The Morgan fingerprint density at radius 3 is 2.31 bits per heavy atom. The summed E-state index contributed by atoms with van der Waals surface area (Å²) in [5.41, 5.74) is 4.94. The Hall–Kier alpha value is -2.74. The van der Waals surface area contributed by atoms with Gasteiger partial charge in [0.05, 0.1) is 6.10 Å². The molecule has 192 valence electrons. The molecule has 4 rings (SSSR count). The number of aliphatic carboxylic acids is 1. The molecule has 0 bridgehead atoms. The Morgan fingerprint density at radius 1 is 1.11 bits per heavy atom. The van der Waals surface area contributed by atoms with Gasteiger partial charge in [0, 0.05) is 17.8 Å². The molecule has 1 saturated carbocycles. The van der Waals surface area contributed by atoms with E-state index >= 15 is 0 Å². The van der Waals surface area contributed by atoms with Crippen LogP contribution >= 0.6 is 0 Å². The third-order valence-corrected chi connectivity index (χ3v) is 8.70. The van der Waals surface area contributed by atoms with E-state index < -0.39 is 27.8 Å². The number of nitrogens with two attached hydrogens (primary N) is 1. The van der Waals surface area contributed by atoms with Crippen molar-refractivity contribution in [3.8, 4) is 0 Å². The Balaban J connectivity index is 1.86. The zero-order valence-corrected chi connectivity index (χ0v) is 21.7. The van der Waals surface area contributed by atoms with E-state index in [-0.39, 0.29) is 24.2 Å². The second-order valence-electron chi connectivity index (χ2n) is 10.4. The fraction of sp³-hybridized carbons (Fsp3) is 0.414. The van der Waals surface area contributed by atoms with Crippen molar-refractivity contribution in [2.45, 2.75) is 52.1 Å². The Morgan fingerprint density at radius 2 is 1.72 bits per heavy atom. The first-order valence-corrected chi connectivity index (χ1v) is 14.0. The summed E-state index contributed by atoms with van der Waals surface area (Å²) < 4.78 is 29.4. The molecular weight excluding hydrogens is 474 g/mol. The van der Waals surface area contributed by atoms with Crippen molar-refractivity contribution >= 4 is 27.4 Å². The molecule has 2 aromatic carbocycles. The number of fused-ring (bicyclic) bond motifs is 1. The highest BCUT2D eigenvalue weighted by molar-refractivity contribution is 7.84. The summed E-state index contributed by atoms with van der Waals surface area (Å²) in [4.78, 5) is 11.4. The summed E-state index contributed by atoms with van der Waals surface area (Å²) in [6.45, 7) is 8.65. The van der Waals surface area contributed by atoms with E-state index in [9.17, 15) is 18.3 Å². The maximum Gasteiger partial charge on any atom is 0.333 e. The van der Waals surface area contributed by atoms with Gasteiger partial charge >= 0.3 is 16.3 Å². The van der Waals surface area contributed by atoms with Crippen LogP contribution in [0.2, 0.25) is 0 Å². The van der Waals surface area contributed by atoms with E-state index in [2.05, 4.69) is 25.6 Å². The number of allylic oxidation sites excluding steroid dienone is 3. The van der Waals surface area contributed by atoms with Crippen molar-refractivity contribution in [2.24, 2.45) is 28.3 Å². The van der Waals surface area contributed by atoms with E-state index in [1.54, 1.807) is 0 Å². The molecule has 3 unspecified atom stereocenters. The molecule has 0 amide bonds. The molecule has 2 aliphatic carbocycles. The molecular formula is C29H35NO5S. The van der Waals surface area contributed by atoms with Crippen LogP contribution in [0.5, 0.6) is 0 Å². The van der Waals surface area contributed by atoms with Crippen molar-refractivity contribution in [2.75, 3.05) is 0 Å². The lowest BCUT2D eigenvalue weighted by Gasteiger charge is -2.37. The highest BCUT2D eigenvalue weighted by atomic mass is 32.2. The molecule has 2 aromatic rings. The predicted molar refractivity (Wildman–Crippen MR) is 142 cm³/mol. The molecule has 7 heteroatoms. The second kappa shape index (κ2) is 10.3. The second-order valence-corrected chi connectivity index (χ2v) is 11.6. The molecule has 0 aromatic heterocycles. The van der Waals surface area contributed by atoms with Gasteiger partial charge in [-0.05, 0) is 59.8 Å². The number of rotatable bonds is 10. The predicted octanol–water partition coefficient (Wildman–Crippen LogP) is 5.68. The quantitative estimate of drug-likeness (QED) is 0.429. The molecule has 0 radical (unpaired) electrons. The summed E-state index contributed by atoms with van der Waals surface area (Å²) >= 11 is 0. The van der Waals surface area contributed by atoms with Crippen molar-refractivity contribution in [1.29, 1.82) is 0 Å². The number of hydrogen-bond donors (Lipinski definition) is 2. The van der Waals surface area contributed by atoms with Crippen molar-refractivity contribution in [1.82, 2.24) is 0 Å². The topological polar surface area (TPSA) is 107 Å². The molecule has 0 spiro atoms. The average molecular weight is 510 g/mol. The smallest absolute Gasteiger partial charge is 0.333 e. The summed E-state index contributed by atoms with van der Waals surface area (Å²) in [6, 6.07) is 20.2. The van der Waals surface area contributed by atoms with Gasteiger partial charge in [0.15, 0.2) is 0 Å². The van der Waals surface area contributed by atoms with Crippen molar-refractivity contribution in [3.05, 3.63) is 83.9 Å². The van der Waals surface area contributed by atoms with Gasteiger partial charge < -0.3 is 5.11 Å². The van der Waals surface area contributed by atoms with Gasteiger partial charge in [0.25, 0.3) is 0 Å². The number of carboxylic acid groups (broad SMARTS) is 1. The maximum atomic E-state index is 12.0. The fourth-order valence-corrected chi connectivity index (χ4v) is 6.98. The highest BCUT2D eigenvalue weighted by Crippen LogP contribution is 2.67. The maximum absolute atomic E-state index is 12.0. The first-order valence-electron chi connectivity index (χ1n) is 12.5. The molecule has 2 aliphatic rings. The molecule has 6 nitrogen and oxygen atoms in total. The van der Waals surface area contributed by atoms with Gasteiger partial charge in [-0.1, -0.05) is 86.7 Å². The lowest BCUT2D eigenvalue weighted by atomic mass is 9.66. The molecule has 3 N–H and O–H groups in total. The van der Waals surface area contributed by atoms with E-state index in [0.29, 0.717) is 19.3 Å². The minimum absolute atomic E-state index is 0.00259. The van der Waals surface area contributed by atoms with Crippen LogP contribution in [0.4, 0.5) is 0 Å². The first kappa shape index (κ1) is 26.3. The number of benzene rings is 2. The van der Waals surface area contributed by atoms with Crippen LogP contribution in [0.1, 0.15) is 57.1 Å². The average Bonchev–Trinajstić information content (AvgIpc) is 3.33. The highest BCUT2D eigenvalue weighted by Gasteiger charge is 2.58. The van der Waals surface area contributed by atoms with Gasteiger partial charge in [0.2, 0.25) is 0 Å². The molecule has 0 saturated heterocycles. The van der Waals surface area contributed by atoms with Crippen LogP contribution < -0.4 is 5.14 Å². The van der Waals surface area contributed by atoms with Crippen LogP contribution in [-0.4, -0.2) is 25.6 Å². The van der Waals surface area contributed by atoms with Gasteiger partial charge in [0.1, 0.15) is 0 Å². The van der Waals surface area contributed by atoms with Crippen LogP contribution in [0.15, 0.2) is 72.8 Å².